The fourth-order valence-corrected chi connectivity index (χ4v) is 2.57. The van der Waals surface area contributed by atoms with E-state index in [-0.39, 0.29) is 0 Å². The molecule has 0 aliphatic carbocycles. The van der Waals surface area contributed by atoms with Crippen molar-refractivity contribution in [3.05, 3.63) is 20.6 Å². The molecule has 0 N–H and O–H groups in total. The average molecular weight is 356 g/mol. The topological polar surface area (TPSA) is 44.2 Å². The monoisotopic (exact) mass is 354 g/mol. The van der Waals surface area contributed by atoms with Crippen molar-refractivity contribution in [3.63, 3.8) is 0 Å². The van der Waals surface area contributed by atoms with E-state index in [9.17, 15) is 0 Å². The quantitative estimate of drug-likeness (QED) is 0.777. The summed E-state index contributed by atoms with van der Waals surface area (Å²) in [5, 5.41) is 0.603. The van der Waals surface area contributed by atoms with Crippen molar-refractivity contribution in [1.29, 1.82) is 0 Å². The van der Waals surface area contributed by atoms with Gasteiger partial charge in [-0.3, -0.25) is 0 Å². The van der Waals surface area contributed by atoms with E-state index in [4.69, 9.17) is 32.7 Å². The van der Waals surface area contributed by atoms with Crippen LogP contribution in [0.5, 0.6) is 0 Å². The highest BCUT2D eigenvalue weighted by Crippen LogP contribution is 2.37. The fourth-order valence-electron chi connectivity index (χ4n) is 2.01. The summed E-state index contributed by atoms with van der Waals surface area (Å²) >= 11 is 15.3. The number of aromatic nitrogens is 2. The third kappa shape index (κ3) is 2.80. The lowest BCUT2D eigenvalue weighted by atomic mass is 9.93. The average Bonchev–Trinajstić information content (AvgIpc) is 2.37. The largest absolute Gasteiger partial charge is 0.381 e. The van der Waals surface area contributed by atoms with E-state index in [2.05, 4.69) is 25.9 Å². The minimum Gasteiger partial charge on any atom is -0.381 e. The van der Waals surface area contributed by atoms with Gasteiger partial charge in [0.2, 0.25) is 0 Å². The van der Waals surface area contributed by atoms with Gasteiger partial charge in [-0.15, -0.1) is 0 Å². The second-order valence-electron chi connectivity index (χ2n) is 3.98. The van der Waals surface area contributed by atoms with Crippen LogP contribution in [0.3, 0.4) is 0 Å². The minimum atomic E-state index is -0.541. The van der Waals surface area contributed by atoms with E-state index in [1.54, 1.807) is 0 Å². The van der Waals surface area contributed by atoms with Gasteiger partial charge in [-0.05, 0) is 22.9 Å². The lowest BCUT2D eigenvalue weighted by molar-refractivity contribution is -0.117. The van der Waals surface area contributed by atoms with E-state index >= 15 is 0 Å². The van der Waals surface area contributed by atoms with Crippen LogP contribution in [0, 0.1) is 0 Å². The molecule has 2 rings (SSSR count). The molecule has 0 radical (unpaired) electrons. The van der Waals surface area contributed by atoms with Gasteiger partial charge >= 0.3 is 0 Å². The van der Waals surface area contributed by atoms with Gasteiger partial charge in [0.15, 0.2) is 5.82 Å². The first-order valence-corrected chi connectivity index (χ1v) is 7.24. The predicted molar refractivity (Wildman–Crippen MR) is 73.1 cm³/mol. The molecule has 100 valence electrons. The second-order valence-corrected chi connectivity index (χ2v) is 5.49. The van der Waals surface area contributed by atoms with Crippen molar-refractivity contribution in [2.75, 3.05) is 19.8 Å². The highest BCUT2D eigenvalue weighted by molar-refractivity contribution is 9.10. The third-order valence-electron chi connectivity index (χ3n) is 2.90. The Bertz CT molecular complexity index is 411. The van der Waals surface area contributed by atoms with Crippen molar-refractivity contribution in [1.82, 2.24) is 9.97 Å². The molecule has 0 unspecified atom stereocenters. The Kier molecular flexibility index (Phi) is 4.83. The molecule has 1 saturated heterocycles. The van der Waals surface area contributed by atoms with E-state index in [1.807, 2.05) is 6.92 Å². The van der Waals surface area contributed by atoms with Crippen molar-refractivity contribution >= 4 is 39.1 Å². The zero-order valence-corrected chi connectivity index (χ0v) is 13.0. The molecule has 1 aromatic rings. The molecule has 0 aromatic carbocycles. The zero-order valence-electron chi connectivity index (χ0n) is 9.88. The van der Waals surface area contributed by atoms with Gasteiger partial charge < -0.3 is 9.47 Å². The number of rotatable bonds is 3. The first kappa shape index (κ1) is 14.5. The van der Waals surface area contributed by atoms with Crippen LogP contribution in [0.25, 0.3) is 0 Å². The van der Waals surface area contributed by atoms with Gasteiger partial charge in [-0.1, -0.05) is 23.2 Å². The third-order valence-corrected chi connectivity index (χ3v) is 4.65. The molecule has 1 fully saturated rings. The summed E-state index contributed by atoms with van der Waals surface area (Å²) < 4.78 is 11.7. The SMILES string of the molecule is CCOC1(c2nc(Cl)c(Br)c(Cl)n2)CCOCC1. The first-order chi connectivity index (χ1) is 8.59. The van der Waals surface area contributed by atoms with E-state index in [1.165, 1.54) is 0 Å². The van der Waals surface area contributed by atoms with Crippen molar-refractivity contribution < 1.29 is 9.47 Å². The van der Waals surface area contributed by atoms with E-state index < -0.39 is 5.60 Å². The van der Waals surface area contributed by atoms with Gasteiger partial charge in [0.05, 0.1) is 4.47 Å². The Morgan fingerprint density at radius 3 is 2.33 bits per heavy atom. The van der Waals surface area contributed by atoms with Crippen molar-refractivity contribution in [2.45, 2.75) is 25.4 Å². The Morgan fingerprint density at radius 2 is 1.83 bits per heavy atom. The van der Waals surface area contributed by atoms with Crippen LogP contribution in [0.2, 0.25) is 10.3 Å². The summed E-state index contributed by atoms with van der Waals surface area (Å²) in [6, 6.07) is 0. The maximum atomic E-state index is 6.03. The maximum Gasteiger partial charge on any atom is 0.163 e. The summed E-state index contributed by atoms with van der Waals surface area (Å²) in [6.07, 6.45) is 1.41. The summed E-state index contributed by atoms with van der Waals surface area (Å²) in [6.45, 7) is 3.76. The Labute approximate surface area is 124 Å². The molecular formula is C11H13BrCl2N2O2. The Morgan fingerprint density at radius 1 is 1.28 bits per heavy atom. The molecular weight excluding hydrogens is 343 g/mol. The minimum absolute atomic E-state index is 0.301. The summed E-state index contributed by atoms with van der Waals surface area (Å²) in [5.74, 6) is 0.533. The van der Waals surface area contributed by atoms with Crippen LogP contribution in [-0.4, -0.2) is 29.8 Å². The normalized spacial score (nSPS) is 18.9. The Hall–Kier alpha value is 0.0600. The highest BCUT2D eigenvalue weighted by Gasteiger charge is 2.38. The van der Waals surface area contributed by atoms with Gasteiger partial charge in [0.1, 0.15) is 15.9 Å². The number of hydrogen-bond acceptors (Lipinski definition) is 4. The van der Waals surface area contributed by atoms with Crippen LogP contribution >= 0.6 is 39.1 Å². The van der Waals surface area contributed by atoms with Crippen LogP contribution in [0.15, 0.2) is 4.47 Å². The second kappa shape index (κ2) is 6.01. The standard InChI is InChI=1S/C11H13BrCl2N2O2/c1-2-18-11(3-5-17-6-4-11)10-15-8(13)7(12)9(14)16-10/h2-6H2,1H3. The highest BCUT2D eigenvalue weighted by atomic mass is 79.9. The number of hydrogen-bond donors (Lipinski definition) is 0. The van der Waals surface area contributed by atoms with Gasteiger partial charge in [0, 0.05) is 32.7 Å². The molecule has 1 aromatic heterocycles. The van der Waals surface area contributed by atoms with E-state index in [0.717, 1.165) is 0 Å². The van der Waals surface area contributed by atoms with Crippen molar-refractivity contribution in [3.8, 4) is 0 Å². The molecule has 2 heterocycles. The van der Waals surface area contributed by atoms with Crippen LogP contribution in [0.1, 0.15) is 25.6 Å². The number of ether oxygens (including phenoxy) is 2. The lowest BCUT2D eigenvalue weighted by Crippen LogP contribution is -2.38. The molecule has 0 amide bonds. The molecule has 0 saturated carbocycles. The molecule has 4 nitrogen and oxygen atoms in total. The van der Waals surface area contributed by atoms with Gasteiger partial charge in [-0.25, -0.2) is 9.97 Å². The summed E-state index contributed by atoms with van der Waals surface area (Å²) in [5.41, 5.74) is -0.541. The lowest BCUT2D eigenvalue weighted by Gasteiger charge is -2.35. The fraction of sp³-hybridized carbons (Fsp3) is 0.636. The van der Waals surface area contributed by atoms with Gasteiger partial charge in [-0.2, -0.15) is 0 Å². The zero-order chi connectivity index (χ0) is 13.2. The van der Waals surface area contributed by atoms with Crippen LogP contribution in [0.4, 0.5) is 0 Å². The van der Waals surface area contributed by atoms with Gasteiger partial charge in [0.25, 0.3) is 0 Å². The molecule has 7 heteroatoms. The summed E-state index contributed by atoms with van der Waals surface area (Å²) in [4.78, 5) is 8.58. The molecule has 0 atom stereocenters. The predicted octanol–water partition coefficient (Wildman–Crippen LogP) is 3.59. The molecule has 18 heavy (non-hydrogen) atoms. The molecule has 0 spiro atoms. The Balaban J connectivity index is 2.42. The summed E-state index contributed by atoms with van der Waals surface area (Å²) in [7, 11) is 0. The van der Waals surface area contributed by atoms with Crippen LogP contribution < -0.4 is 0 Å². The van der Waals surface area contributed by atoms with E-state index in [0.29, 0.717) is 53.3 Å². The van der Waals surface area contributed by atoms with Crippen molar-refractivity contribution in [2.24, 2.45) is 0 Å². The number of nitrogens with zero attached hydrogens (tertiary/aromatic N) is 2. The smallest absolute Gasteiger partial charge is 0.163 e. The first-order valence-electron chi connectivity index (χ1n) is 5.70. The molecule has 1 aliphatic heterocycles. The molecule has 0 bridgehead atoms. The maximum absolute atomic E-state index is 6.03. The molecule has 1 aliphatic rings. The number of halogens is 3. The van der Waals surface area contributed by atoms with Crippen LogP contribution in [-0.2, 0) is 15.1 Å².